The van der Waals surface area contributed by atoms with Crippen molar-refractivity contribution >= 4 is 27.7 Å². The first-order valence-corrected chi connectivity index (χ1v) is 6.93. The summed E-state index contributed by atoms with van der Waals surface area (Å²) in [6.45, 7) is 1.69. The second-order valence-electron chi connectivity index (χ2n) is 4.39. The molecule has 2 rings (SSSR count). The molecular formula is C15H13BrN2O3. The lowest BCUT2D eigenvalue weighted by molar-refractivity contribution is 0.0845. The summed E-state index contributed by atoms with van der Waals surface area (Å²) in [6, 6.07) is 11.5. The van der Waals surface area contributed by atoms with Crippen molar-refractivity contribution in [1.82, 2.24) is 10.9 Å². The molecule has 0 saturated heterocycles. The number of carbonyl (C=O) groups is 2. The van der Waals surface area contributed by atoms with E-state index in [2.05, 4.69) is 26.8 Å². The minimum Gasteiger partial charge on any atom is -0.507 e. The topological polar surface area (TPSA) is 78.4 Å². The van der Waals surface area contributed by atoms with Gasteiger partial charge in [-0.3, -0.25) is 20.4 Å². The number of hydrazine groups is 1. The highest BCUT2D eigenvalue weighted by Gasteiger charge is 2.13. The van der Waals surface area contributed by atoms with Crippen LogP contribution < -0.4 is 10.9 Å². The van der Waals surface area contributed by atoms with E-state index in [0.717, 1.165) is 4.47 Å². The molecule has 0 aliphatic carbocycles. The molecular weight excluding hydrogens is 336 g/mol. The second kappa shape index (κ2) is 6.41. The number of benzene rings is 2. The minimum atomic E-state index is -0.582. The van der Waals surface area contributed by atoms with Crippen molar-refractivity contribution in [3.8, 4) is 5.75 Å². The molecule has 0 radical (unpaired) electrons. The summed E-state index contributed by atoms with van der Waals surface area (Å²) in [7, 11) is 0. The molecule has 6 heteroatoms. The summed E-state index contributed by atoms with van der Waals surface area (Å²) in [5.74, 6) is -1.13. The number of halogens is 1. The highest BCUT2D eigenvalue weighted by Crippen LogP contribution is 2.20. The van der Waals surface area contributed by atoms with Crippen LogP contribution >= 0.6 is 15.9 Å². The molecule has 0 aliphatic heterocycles. The molecule has 21 heavy (non-hydrogen) atoms. The Morgan fingerprint density at radius 3 is 2.29 bits per heavy atom. The number of carbonyl (C=O) groups excluding carboxylic acids is 2. The number of rotatable bonds is 2. The minimum absolute atomic E-state index is 0.103. The number of hydrogen-bond donors (Lipinski definition) is 3. The lowest BCUT2D eigenvalue weighted by Crippen LogP contribution is -2.41. The molecule has 2 aromatic carbocycles. The maximum absolute atomic E-state index is 11.9. The zero-order chi connectivity index (χ0) is 15.4. The Labute approximate surface area is 130 Å². The monoisotopic (exact) mass is 348 g/mol. The van der Waals surface area contributed by atoms with Gasteiger partial charge in [-0.25, -0.2) is 0 Å². The van der Waals surface area contributed by atoms with Gasteiger partial charge in [0.15, 0.2) is 0 Å². The van der Waals surface area contributed by atoms with Crippen molar-refractivity contribution in [2.24, 2.45) is 0 Å². The average molecular weight is 349 g/mol. The van der Waals surface area contributed by atoms with Gasteiger partial charge < -0.3 is 5.11 Å². The van der Waals surface area contributed by atoms with E-state index in [1.165, 1.54) is 6.07 Å². The molecule has 0 spiro atoms. The number of amides is 2. The van der Waals surface area contributed by atoms with Crippen LogP contribution in [0.1, 0.15) is 26.3 Å². The van der Waals surface area contributed by atoms with Crippen LogP contribution in [0.2, 0.25) is 0 Å². The van der Waals surface area contributed by atoms with E-state index in [1.54, 1.807) is 43.3 Å². The summed E-state index contributed by atoms with van der Waals surface area (Å²) >= 11 is 3.27. The maximum Gasteiger partial charge on any atom is 0.273 e. The third kappa shape index (κ3) is 3.61. The van der Waals surface area contributed by atoms with Crippen LogP contribution in [0.15, 0.2) is 46.9 Å². The lowest BCUT2D eigenvalue weighted by Gasteiger charge is -2.09. The second-order valence-corrected chi connectivity index (χ2v) is 5.30. The molecule has 3 N–H and O–H groups in total. The standard InChI is InChI=1S/C15H13BrN2O3/c1-9-3-2-4-12(13(9)19)15(21)18-17-14(20)10-5-7-11(16)8-6-10/h2-8,19H,1H3,(H,17,20)(H,18,21). The fourth-order valence-electron chi connectivity index (χ4n) is 1.70. The van der Waals surface area contributed by atoms with Crippen LogP contribution in [0.4, 0.5) is 0 Å². The molecule has 0 unspecified atom stereocenters. The van der Waals surface area contributed by atoms with Crippen LogP contribution in [0.25, 0.3) is 0 Å². The smallest absolute Gasteiger partial charge is 0.273 e. The number of phenols is 1. The average Bonchev–Trinajstić information content (AvgIpc) is 2.48. The number of para-hydroxylation sites is 1. The van der Waals surface area contributed by atoms with Gasteiger partial charge in [-0.1, -0.05) is 28.1 Å². The zero-order valence-electron chi connectivity index (χ0n) is 11.2. The van der Waals surface area contributed by atoms with Gasteiger partial charge in [-0.05, 0) is 42.8 Å². The summed E-state index contributed by atoms with van der Waals surface area (Å²) < 4.78 is 0.854. The fourth-order valence-corrected chi connectivity index (χ4v) is 1.96. The molecule has 0 aromatic heterocycles. The molecule has 5 nitrogen and oxygen atoms in total. The van der Waals surface area contributed by atoms with Gasteiger partial charge in [0, 0.05) is 10.0 Å². The van der Waals surface area contributed by atoms with Crippen molar-refractivity contribution in [3.05, 3.63) is 63.6 Å². The molecule has 0 heterocycles. The van der Waals surface area contributed by atoms with Crippen LogP contribution in [-0.2, 0) is 0 Å². The van der Waals surface area contributed by atoms with Gasteiger partial charge in [-0.15, -0.1) is 0 Å². The predicted octanol–water partition coefficient (Wildman–Crippen LogP) is 2.54. The van der Waals surface area contributed by atoms with Crippen molar-refractivity contribution in [2.75, 3.05) is 0 Å². The summed E-state index contributed by atoms with van der Waals surface area (Å²) in [5.41, 5.74) is 5.67. The largest absolute Gasteiger partial charge is 0.507 e. The van der Waals surface area contributed by atoms with Gasteiger partial charge in [0.1, 0.15) is 5.75 Å². The van der Waals surface area contributed by atoms with Gasteiger partial charge in [0.25, 0.3) is 11.8 Å². The third-order valence-electron chi connectivity index (χ3n) is 2.88. The van der Waals surface area contributed by atoms with E-state index in [0.29, 0.717) is 11.1 Å². The number of nitrogens with one attached hydrogen (secondary N) is 2. The van der Waals surface area contributed by atoms with Crippen LogP contribution in [-0.4, -0.2) is 16.9 Å². The van der Waals surface area contributed by atoms with E-state index in [9.17, 15) is 14.7 Å². The van der Waals surface area contributed by atoms with Gasteiger partial charge in [0.05, 0.1) is 5.56 Å². The van der Waals surface area contributed by atoms with E-state index in [4.69, 9.17) is 0 Å². The highest BCUT2D eigenvalue weighted by molar-refractivity contribution is 9.10. The lowest BCUT2D eigenvalue weighted by atomic mass is 10.1. The molecule has 0 saturated carbocycles. The molecule has 2 aromatic rings. The summed E-state index contributed by atoms with van der Waals surface area (Å²) in [5, 5.41) is 9.80. The van der Waals surface area contributed by atoms with Gasteiger partial charge in [0.2, 0.25) is 0 Å². The molecule has 0 atom stereocenters. The van der Waals surface area contributed by atoms with E-state index >= 15 is 0 Å². The summed E-state index contributed by atoms with van der Waals surface area (Å²) in [4.78, 5) is 23.8. The first kappa shape index (κ1) is 15.1. The molecule has 0 fully saturated rings. The zero-order valence-corrected chi connectivity index (χ0v) is 12.8. The maximum atomic E-state index is 11.9. The van der Waals surface area contributed by atoms with E-state index in [-0.39, 0.29) is 11.3 Å². The quantitative estimate of drug-likeness (QED) is 0.729. The molecule has 0 bridgehead atoms. The molecule has 2 amide bonds. The van der Waals surface area contributed by atoms with E-state index in [1.807, 2.05) is 0 Å². The Hall–Kier alpha value is -2.34. The van der Waals surface area contributed by atoms with E-state index < -0.39 is 11.8 Å². The van der Waals surface area contributed by atoms with Crippen molar-refractivity contribution in [2.45, 2.75) is 6.92 Å². The molecule has 108 valence electrons. The Bertz CT molecular complexity index is 684. The van der Waals surface area contributed by atoms with Crippen molar-refractivity contribution in [3.63, 3.8) is 0 Å². The van der Waals surface area contributed by atoms with Crippen molar-refractivity contribution < 1.29 is 14.7 Å². The number of aromatic hydroxyl groups is 1. The van der Waals surface area contributed by atoms with Gasteiger partial charge in [-0.2, -0.15) is 0 Å². The van der Waals surface area contributed by atoms with Crippen LogP contribution in [0, 0.1) is 6.92 Å². The number of phenolic OH excluding ortho intramolecular Hbond substituents is 1. The Kier molecular flexibility index (Phi) is 4.59. The van der Waals surface area contributed by atoms with Crippen molar-refractivity contribution in [1.29, 1.82) is 0 Å². The predicted molar refractivity (Wildman–Crippen MR) is 81.9 cm³/mol. The molecule has 0 aliphatic rings. The first-order valence-electron chi connectivity index (χ1n) is 6.14. The summed E-state index contributed by atoms with van der Waals surface area (Å²) in [6.07, 6.45) is 0. The normalized spacial score (nSPS) is 10.0. The van der Waals surface area contributed by atoms with Crippen LogP contribution in [0.5, 0.6) is 5.75 Å². The van der Waals surface area contributed by atoms with Gasteiger partial charge >= 0.3 is 0 Å². The Morgan fingerprint density at radius 2 is 1.62 bits per heavy atom. The Morgan fingerprint density at radius 1 is 1.00 bits per heavy atom. The third-order valence-corrected chi connectivity index (χ3v) is 3.41. The number of hydrogen-bond acceptors (Lipinski definition) is 3. The van der Waals surface area contributed by atoms with Crippen LogP contribution in [0.3, 0.4) is 0 Å². The first-order chi connectivity index (χ1) is 9.99. The highest BCUT2D eigenvalue weighted by atomic mass is 79.9. The Balaban J connectivity index is 2.02. The fraction of sp³-hybridized carbons (Fsp3) is 0.0667. The number of aryl methyl sites for hydroxylation is 1. The SMILES string of the molecule is Cc1cccc(C(=O)NNC(=O)c2ccc(Br)cc2)c1O.